The van der Waals surface area contributed by atoms with Crippen LogP contribution < -0.4 is 0 Å². The summed E-state index contributed by atoms with van der Waals surface area (Å²) in [6, 6.07) is 20.9. The highest BCUT2D eigenvalue weighted by atomic mass is 16.5. The molecule has 2 aliphatic rings. The number of amides is 1. The number of carbonyl (C=O) groups is 1. The van der Waals surface area contributed by atoms with E-state index in [2.05, 4.69) is 63.3 Å². The fourth-order valence-corrected chi connectivity index (χ4v) is 4.54. The van der Waals surface area contributed by atoms with E-state index in [0.29, 0.717) is 19.7 Å². The highest BCUT2D eigenvalue weighted by Crippen LogP contribution is 2.37. The minimum Gasteiger partial charge on any atom is -0.363 e. The molecular weight excluding hydrogens is 364 g/mol. The zero-order chi connectivity index (χ0) is 19.8. The fourth-order valence-electron chi connectivity index (χ4n) is 4.54. The zero-order valence-corrected chi connectivity index (χ0v) is 16.5. The SMILES string of the molecule is CC(=O)N1CCC2(C1)Cn1c(nnc1C(c1ccccc1)c1ccccc1)CO2. The molecule has 148 valence electrons. The van der Waals surface area contributed by atoms with Crippen molar-refractivity contribution in [3.05, 3.63) is 83.4 Å². The Morgan fingerprint density at radius 2 is 1.66 bits per heavy atom. The van der Waals surface area contributed by atoms with Crippen molar-refractivity contribution in [2.45, 2.75) is 38.0 Å². The van der Waals surface area contributed by atoms with E-state index in [0.717, 1.165) is 24.6 Å². The molecule has 3 aromatic rings. The molecule has 29 heavy (non-hydrogen) atoms. The summed E-state index contributed by atoms with van der Waals surface area (Å²) in [5.41, 5.74) is 2.02. The van der Waals surface area contributed by atoms with Gasteiger partial charge in [0.05, 0.1) is 19.0 Å². The van der Waals surface area contributed by atoms with E-state index >= 15 is 0 Å². The van der Waals surface area contributed by atoms with Gasteiger partial charge < -0.3 is 14.2 Å². The van der Waals surface area contributed by atoms with Gasteiger partial charge >= 0.3 is 0 Å². The Morgan fingerprint density at radius 1 is 1.00 bits per heavy atom. The van der Waals surface area contributed by atoms with E-state index < -0.39 is 0 Å². The second-order valence-corrected chi connectivity index (χ2v) is 7.98. The molecule has 2 aromatic carbocycles. The lowest BCUT2D eigenvalue weighted by Crippen LogP contribution is -2.45. The van der Waals surface area contributed by atoms with Gasteiger partial charge in [0.2, 0.25) is 5.91 Å². The van der Waals surface area contributed by atoms with Gasteiger partial charge in [-0.15, -0.1) is 10.2 Å². The number of ether oxygens (including phenoxy) is 1. The van der Waals surface area contributed by atoms with Crippen LogP contribution in [0.1, 0.15) is 42.0 Å². The van der Waals surface area contributed by atoms with Crippen LogP contribution in [0.4, 0.5) is 0 Å². The highest BCUT2D eigenvalue weighted by Gasteiger charge is 2.44. The molecule has 1 atom stereocenters. The summed E-state index contributed by atoms with van der Waals surface area (Å²) in [5, 5.41) is 9.06. The van der Waals surface area contributed by atoms with Crippen LogP contribution in [0, 0.1) is 0 Å². The fraction of sp³-hybridized carbons (Fsp3) is 0.348. The molecule has 1 amide bonds. The average molecular weight is 388 g/mol. The third-order valence-corrected chi connectivity index (χ3v) is 6.10. The minimum atomic E-state index is -0.353. The lowest BCUT2D eigenvalue weighted by molar-refractivity contribution is -0.131. The number of likely N-dealkylation sites (tertiary alicyclic amines) is 1. The summed E-state index contributed by atoms with van der Waals surface area (Å²) in [5.74, 6) is 1.89. The molecule has 0 saturated carbocycles. The van der Waals surface area contributed by atoms with Crippen molar-refractivity contribution >= 4 is 5.91 Å². The molecule has 6 nitrogen and oxygen atoms in total. The number of nitrogens with zero attached hydrogens (tertiary/aromatic N) is 4. The van der Waals surface area contributed by atoms with Crippen molar-refractivity contribution < 1.29 is 9.53 Å². The van der Waals surface area contributed by atoms with E-state index in [1.54, 1.807) is 6.92 Å². The Morgan fingerprint density at radius 3 is 2.24 bits per heavy atom. The summed E-state index contributed by atoms with van der Waals surface area (Å²) >= 11 is 0. The van der Waals surface area contributed by atoms with Gasteiger partial charge in [0.15, 0.2) is 5.82 Å². The monoisotopic (exact) mass is 388 g/mol. The molecule has 2 aliphatic heterocycles. The molecule has 1 aromatic heterocycles. The molecule has 1 spiro atoms. The molecule has 5 rings (SSSR count). The van der Waals surface area contributed by atoms with Crippen LogP contribution >= 0.6 is 0 Å². The first-order chi connectivity index (χ1) is 14.2. The van der Waals surface area contributed by atoms with Gasteiger partial charge in [-0.3, -0.25) is 4.79 Å². The molecule has 1 fully saturated rings. The summed E-state index contributed by atoms with van der Waals surface area (Å²) in [7, 11) is 0. The van der Waals surface area contributed by atoms with Crippen LogP contribution in [-0.2, 0) is 22.7 Å². The average Bonchev–Trinajstić information content (AvgIpc) is 3.35. The zero-order valence-electron chi connectivity index (χ0n) is 16.5. The van der Waals surface area contributed by atoms with Crippen LogP contribution in [-0.4, -0.2) is 44.3 Å². The lowest BCUT2D eigenvalue weighted by Gasteiger charge is -2.35. The highest BCUT2D eigenvalue weighted by molar-refractivity contribution is 5.73. The van der Waals surface area contributed by atoms with Crippen molar-refractivity contribution in [1.82, 2.24) is 19.7 Å². The number of rotatable bonds is 3. The smallest absolute Gasteiger partial charge is 0.219 e. The van der Waals surface area contributed by atoms with Crippen LogP contribution in [0.2, 0.25) is 0 Å². The van der Waals surface area contributed by atoms with Gasteiger partial charge in [0.1, 0.15) is 18.0 Å². The molecule has 1 saturated heterocycles. The van der Waals surface area contributed by atoms with E-state index in [1.165, 1.54) is 11.1 Å². The van der Waals surface area contributed by atoms with Crippen LogP contribution in [0.3, 0.4) is 0 Å². The maximum atomic E-state index is 11.9. The van der Waals surface area contributed by atoms with Crippen molar-refractivity contribution in [2.75, 3.05) is 13.1 Å². The number of fused-ring (bicyclic) bond motifs is 1. The molecule has 0 bridgehead atoms. The maximum Gasteiger partial charge on any atom is 0.219 e. The number of hydrogen-bond donors (Lipinski definition) is 0. The topological polar surface area (TPSA) is 60.2 Å². The molecule has 0 aliphatic carbocycles. The summed E-state index contributed by atoms with van der Waals surface area (Å²) in [6.45, 7) is 4.08. The second-order valence-electron chi connectivity index (χ2n) is 7.98. The van der Waals surface area contributed by atoms with E-state index in [4.69, 9.17) is 4.74 Å². The van der Waals surface area contributed by atoms with E-state index in [9.17, 15) is 4.79 Å². The molecule has 3 heterocycles. The predicted octanol–water partition coefficient (Wildman–Crippen LogP) is 2.98. The second kappa shape index (κ2) is 7.12. The van der Waals surface area contributed by atoms with Gasteiger partial charge in [-0.2, -0.15) is 0 Å². The van der Waals surface area contributed by atoms with Gasteiger partial charge in [0.25, 0.3) is 0 Å². The van der Waals surface area contributed by atoms with Crippen LogP contribution in [0.5, 0.6) is 0 Å². The normalized spacial score (nSPS) is 21.0. The van der Waals surface area contributed by atoms with E-state index in [1.807, 2.05) is 17.0 Å². The summed E-state index contributed by atoms with van der Waals surface area (Å²) in [6.07, 6.45) is 0.838. The Balaban J connectivity index is 1.55. The molecule has 6 heteroatoms. The largest absolute Gasteiger partial charge is 0.363 e. The van der Waals surface area contributed by atoms with Gasteiger partial charge in [-0.05, 0) is 17.5 Å². The third kappa shape index (κ3) is 3.23. The number of aromatic nitrogens is 3. The van der Waals surface area contributed by atoms with Crippen molar-refractivity contribution in [3.8, 4) is 0 Å². The van der Waals surface area contributed by atoms with Crippen molar-refractivity contribution in [2.24, 2.45) is 0 Å². The molecular formula is C23H24N4O2. The van der Waals surface area contributed by atoms with Crippen molar-refractivity contribution in [1.29, 1.82) is 0 Å². The number of hydrogen-bond acceptors (Lipinski definition) is 4. The first kappa shape index (κ1) is 18.1. The molecule has 0 radical (unpaired) electrons. The number of benzene rings is 2. The standard InChI is InChI=1S/C23H24N4O2/c1-17(28)26-13-12-23(15-26)16-27-20(14-29-23)24-25-22(27)21(18-8-4-2-5-9-18)19-10-6-3-7-11-19/h2-11,21H,12-16H2,1H3. The van der Waals surface area contributed by atoms with Gasteiger partial charge in [-0.1, -0.05) is 60.7 Å². The Labute approximate surface area is 170 Å². The lowest BCUT2D eigenvalue weighted by atomic mass is 9.90. The molecule has 1 unspecified atom stereocenters. The van der Waals surface area contributed by atoms with Crippen LogP contribution in [0.15, 0.2) is 60.7 Å². The quantitative estimate of drug-likeness (QED) is 0.692. The van der Waals surface area contributed by atoms with Gasteiger partial charge in [-0.25, -0.2) is 0 Å². The summed E-state index contributed by atoms with van der Waals surface area (Å²) in [4.78, 5) is 13.7. The molecule has 0 N–H and O–H groups in total. The predicted molar refractivity (Wildman–Crippen MR) is 108 cm³/mol. The Kier molecular flexibility index (Phi) is 4.43. The van der Waals surface area contributed by atoms with Crippen molar-refractivity contribution in [3.63, 3.8) is 0 Å². The van der Waals surface area contributed by atoms with E-state index in [-0.39, 0.29) is 17.4 Å². The van der Waals surface area contributed by atoms with Gasteiger partial charge in [0, 0.05) is 13.5 Å². The summed E-state index contributed by atoms with van der Waals surface area (Å²) < 4.78 is 8.44. The minimum absolute atomic E-state index is 0.000821. The number of carbonyl (C=O) groups excluding carboxylic acids is 1. The Hall–Kier alpha value is -2.99. The Bertz CT molecular complexity index is 978. The third-order valence-electron chi connectivity index (χ3n) is 6.10. The first-order valence-corrected chi connectivity index (χ1v) is 10.1. The van der Waals surface area contributed by atoms with Crippen LogP contribution in [0.25, 0.3) is 0 Å². The first-order valence-electron chi connectivity index (χ1n) is 10.1. The maximum absolute atomic E-state index is 11.9.